The minimum atomic E-state index is -0.508. The minimum absolute atomic E-state index is 0.284. The number of unbranched alkanes of at least 4 members (excludes halogenated alkanes) is 1. The van der Waals surface area contributed by atoms with Crippen LogP contribution >= 0.6 is 0 Å². The Morgan fingerprint density at radius 3 is 2.67 bits per heavy atom. The molecule has 0 bridgehead atoms. The molecule has 0 aliphatic rings. The van der Waals surface area contributed by atoms with Gasteiger partial charge in [-0.25, -0.2) is 4.79 Å². The van der Waals surface area contributed by atoms with Crippen LogP contribution in [-0.4, -0.2) is 18.0 Å². The number of aldehydes is 1. The number of hydrogen-bond acceptors (Lipinski definition) is 4. The molecule has 0 rings (SSSR count). The highest BCUT2D eigenvalue weighted by Crippen LogP contribution is 1.96. The average Bonchev–Trinajstić information content (AvgIpc) is 2.05. The van der Waals surface area contributed by atoms with Gasteiger partial charge in [-0.3, -0.25) is 4.79 Å². The van der Waals surface area contributed by atoms with Crippen LogP contribution in [0, 0.1) is 0 Å². The standard InChI is InChI=1S/C8H13NO3/c1-3-4-5-8(6-10)9-12-7(2)11/h6H,3-5H2,1-2H3. The molecule has 0 amide bonds. The summed E-state index contributed by atoms with van der Waals surface area (Å²) in [5.74, 6) is -0.508. The van der Waals surface area contributed by atoms with E-state index in [1.165, 1.54) is 6.92 Å². The number of hydrogen-bond donors (Lipinski definition) is 0. The molecule has 12 heavy (non-hydrogen) atoms. The fraction of sp³-hybridized carbons (Fsp3) is 0.625. The molecule has 0 aliphatic carbocycles. The Morgan fingerprint density at radius 2 is 2.25 bits per heavy atom. The van der Waals surface area contributed by atoms with Crippen LogP contribution in [0.25, 0.3) is 0 Å². The zero-order chi connectivity index (χ0) is 9.40. The molecule has 0 heterocycles. The summed E-state index contributed by atoms with van der Waals surface area (Å²) in [5, 5.41) is 3.38. The SMILES string of the molecule is CCCCC(C=O)=NOC(C)=O. The minimum Gasteiger partial charge on any atom is -0.318 e. The Labute approximate surface area is 71.6 Å². The van der Waals surface area contributed by atoms with Crippen LogP contribution in [0.3, 0.4) is 0 Å². The third-order valence-electron chi connectivity index (χ3n) is 1.21. The summed E-state index contributed by atoms with van der Waals surface area (Å²) in [6.45, 7) is 3.25. The maximum atomic E-state index is 10.3. The average molecular weight is 171 g/mol. The van der Waals surface area contributed by atoms with Crippen LogP contribution in [-0.2, 0) is 14.4 Å². The second-order valence-corrected chi connectivity index (χ2v) is 2.39. The smallest absolute Gasteiger partial charge is 0.318 e. The lowest BCUT2D eigenvalue weighted by Gasteiger charge is -1.95. The van der Waals surface area contributed by atoms with Crippen LogP contribution in [0.5, 0.6) is 0 Å². The van der Waals surface area contributed by atoms with Gasteiger partial charge in [0.2, 0.25) is 0 Å². The normalized spacial score (nSPS) is 11.0. The molecule has 0 aromatic heterocycles. The second kappa shape index (κ2) is 6.52. The van der Waals surface area contributed by atoms with Gasteiger partial charge in [0.15, 0.2) is 6.29 Å². The van der Waals surface area contributed by atoms with Crippen LogP contribution in [0.15, 0.2) is 5.16 Å². The van der Waals surface area contributed by atoms with Gasteiger partial charge in [0.1, 0.15) is 5.71 Å². The molecule has 68 valence electrons. The number of rotatable bonds is 5. The first-order valence-corrected chi connectivity index (χ1v) is 3.90. The Balaban J connectivity index is 3.86. The van der Waals surface area contributed by atoms with Gasteiger partial charge in [-0.05, 0) is 12.8 Å². The van der Waals surface area contributed by atoms with Crippen LogP contribution in [0.2, 0.25) is 0 Å². The monoisotopic (exact) mass is 171 g/mol. The first-order chi connectivity index (χ1) is 5.70. The van der Waals surface area contributed by atoms with Crippen molar-refractivity contribution >= 4 is 18.0 Å². The lowest BCUT2D eigenvalue weighted by Crippen LogP contribution is -2.02. The largest absolute Gasteiger partial charge is 0.331 e. The molecule has 0 radical (unpaired) electrons. The van der Waals surface area contributed by atoms with Crippen LogP contribution < -0.4 is 0 Å². The van der Waals surface area contributed by atoms with Crippen molar-refractivity contribution in [3.05, 3.63) is 0 Å². The van der Waals surface area contributed by atoms with E-state index in [-0.39, 0.29) is 5.71 Å². The van der Waals surface area contributed by atoms with E-state index in [1.807, 2.05) is 6.92 Å². The Hall–Kier alpha value is -1.19. The lowest BCUT2D eigenvalue weighted by atomic mass is 10.2. The zero-order valence-corrected chi connectivity index (χ0v) is 7.37. The number of carbonyl (C=O) groups excluding carboxylic acids is 2. The van der Waals surface area contributed by atoms with E-state index < -0.39 is 5.97 Å². The fourth-order valence-corrected chi connectivity index (χ4v) is 0.607. The molecule has 0 saturated heterocycles. The summed E-state index contributed by atoms with van der Waals surface area (Å²) in [5.41, 5.74) is 0.284. The van der Waals surface area contributed by atoms with Gasteiger partial charge in [-0.15, -0.1) is 0 Å². The topological polar surface area (TPSA) is 55.7 Å². The van der Waals surface area contributed by atoms with Gasteiger partial charge in [-0.1, -0.05) is 18.5 Å². The maximum Gasteiger partial charge on any atom is 0.331 e. The van der Waals surface area contributed by atoms with Crippen LogP contribution in [0.4, 0.5) is 0 Å². The molecule has 0 fully saturated rings. The van der Waals surface area contributed by atoms with Crippen molar-refractivity contribution in [2.24, 2.45) is 5.16 Å². The third-order valence-corrected chi connectivity index (χ3v) is 1.21. The summed E-state index contributed by atoms with van der Waals surface area (Å²) in [4.78, 5) is 24.9. The van der Waals surface area contributed by atoms with E-state index in [2.05, 4.69) is 9.99 Å². The van der Waals surface area contributed by atoms with Crippen molar-refractivity contribution < 1.29 is 14.4 Å². The van der Waals surface area contributed by atoms with E-state index in [0.717, 1.165) is 12.8 Å². The summed E-state index contributed by atoms with van der Waals surface area (Å²) >= 11 is 0. The van der Waals surface area contributed by atoms with E-state index in [4.69, 9.17) is 0 Å². The quantitative estimate of drug-likeness (QED) is 0.271. The van der Waals surface area contributed by atoms with Crippen LogP contribution in [0.1, 0.15) is 33.1 Å². The van der Waals surface area contributed by atoms with Crippen molar-refractivity contribution in [1.29, 1.82) is 0 Å². The molecule has 0 N–H and O–H groups in total. The van der Waals surface area contributed by atoms with Crippen molar-refractivity contribution in [3.63, 3.8) is 0 Å². The molecule has 0 atom stereocenters. The predicted molar refractivity (Wildman–Crippen MR) is 44.8 cm³/mol. The van der Waals surface area contributed by atoms with E-state index >= 15 is 0 Å². The molecule has 0 aliphatic heterocycles. The van der Waals surface area contributed by atoms with Gasteiger partial charge in [0.25, 0.3) is 0 Å². The second-order valence-electron chi connectivity index (χ2n) is 2.39. The van der Waals surface area contributed by atoms with E-state index in [0.29, 0.717) is 12.7 Å². The first kappa shape index (κ1) is 10.8. The Kier molecular flexibility index (Phi) is 5.87. The summed E-state index contributed by atoms with van der Waals surface area (Å²) in [7, 11) is 0. The van der Waals surface area contributed by atoms with Gasteiger partial charge in [-0.2, -0.15) is 0 Å². The summed E-state index contributed by atoms with van der Waals surface area (Å²) < 4.78 is 0. The first-order valence-electron chi connectivity index (χ1n) is 3.90. The number of nitrogens with zero attached hydrogens (tertiary/aromatic N) is 1. The summed E-state index contributed by atoms with van der Waals surface area (Å²) in [6, 6.07) is 0. The predicted octanol–water partition coefficient (Wildman–Crippen LogP) is 1.29. The summed E-state index contributed by atoms with van der Waals surface area (Å²) in [6.07, 6.45) is 3.03. The molecule has 0 saturated carbocycles. The third kappa shape index (κ3) is 5.58. The van der Waals surface area contributed by atoms with Gasteiger partial charge < -0.3 is 4.84 Å². The molecule has 0 unspecified atom stereocenters. The fourth-order valence-electron chi connectivity index (χ4n) is 0.607. The molecule has 0 aromatic carbocycles. The zero-order valence-electron chi connectivity index (χ0n) is 7.37. The van der Waals surface area contributed by atoms with Gasteiger partial charge in [0.05, 0.1) is 0 Å². The highest BCUT2D eigenvalue weighted by atomic mass is 16.7. The highest BCUT2D eigenvalue weighted by molar-refractivity contribution is 6.28. The van der Waals surface area contributed by atoms with Gasteiger partial charge >= 0.3 is 5.97 Å². The van der Waals surface area contributed by atoms with E-state index in [1.54, 1.807) is 0 Å². The van der Waals surface area contributed by atoms with Crippen molar-refractivity contribution in [2.45, 2.75) is 33.1 Å². The Bertz CT molecular complexity index is 187. The van der Waals surface area contributed by atoms with Crippen molar-refractivity contribution in [3.8, 4) is 0 Å². The van der Waals surface area contributed by atoms with Gasteiger partial charge in [0, 0.05) is 6.92 Å². The lowest BCUT2D eigenvalue weighted by molar-refractivity contribution is -0.140. The molecular weight excluding hydrogens is 158 g/mol. The van der Waals surface area contributed by atoms with Crippen molar-refractivity contribution in [1.82, 2.24) is 0 Å². The molecular formula is C8H13NO3. The number of carbonyl (C=O) groups is 2. The highest BCUT2D eigenvalue weighted by Gasteiger charge is 1.98. The maximum absolute atomic E-state index is 10.3. The van der Waals surface area contributed by atoms with Crippen molar-refractivity contribution in [2.75, 3.05) is 0 Å². The number of oxime groups is 1. The molecule has 4 heteroatoms. The molecule has 4 nitrogen and oxygen atoms in total. The Morgan fingerprint density at radius 1 is 1.58 bits per heavy atom. The van der Waals surface area contributed by atoms with E-state index in [9.17, 15) is 9.59 Å². The molecule has 0 spiro atoms. The molecule has 0 aromatic rings.